The fourth-order valence-electron chi connectivity index (χ4n) is 1.78. The topological polar surface area (TPSA) is 44.0 Å². The summed E-state index contributed by atoms with van der Waals surface area (Å²) in [5.74, 6) is -0.482. The molecule has 0 aliphatic rings. The van der Waals surface area contributed by atoms with E-state index in [-0.39, 0.29) is 16.6 Å². The summed E-state index contributed by atoms with van der Waals surface area (Å²) < 4.78 is 2.79. The van der Waals surface area contributed by atoms with Crippen molar-refractivity contribution in [3.05, 3.63) is 28.0 Å². The number of rotatable bonds is 0. The molecule has 4 nitrogen and oxygen atoms in total. The lowest BCUT2D eigenvalue weighted by atomic mass is 10.3. The Morgan fingerprint density at radius 2 is 1.65 bits per heavy atom. The molecule has 0 aliphatic carbocycles. The van der Waals surface area contributed by atoms with Crippen molar-refractivity contribution in [1.29, 1.82) is 0 Å². The van der Waals surface area contributed by atoms with Crippen LogP contribution in [0.15, 0.2) is 18.2 Å². The Morgan fingerprint density at radius 3 is 2.18 bits per heavy atom. The van der Waals surface area contributed by atoms with E-state index >= 15 is 0 Å². The van der Waals surface area contributed by atoms with Crippen LogP contribution in [0.25, 0.3) is 11.0 Å². The molecule has 0 bridgehead atoms. The molecule has 17 heavy (non-hydrogen) atoms. The standard InChI is InChI=1S/C11H9ClN2O2S/c1-6(15)13-9-4-3-8(12)5-10(9)14(7(2)16)11(13)17/h3-5H,1-2H3. The van der Waals surface area contributed by atoms with Crippen molar-refractivity contribution in [1.82, 2.24) is 9.13 Å². The third kappa shape index (κ3) is 1.81. The maximum Gasteiger partial charge on any atom is 0.230 e. The summed E-state index contributed by atoms with van der Waals surface area (Å²) in [4.78, 5) is 23.1. The largest absolute Gasteiger partial charge is 0.274 e. The van der Waals surface area contributed by atoms with Gasteiger partial charge in [0.05, 0.1) is 11.0 Å². The fraction of sp³-hybridized carbons (Fsp3) is 0.182. The predicted molar refractivity (Wildman–Crippen MR) is 68.4 cm³/mol. The second-order valence-corrected chi connectivity index (χ2v) is 4.43. The van der Waals surface area contributed by atoms with Gasteiger partial charge in [0, 0.05) is 18.9 Å². The zero-order valence-corrected chi connectivity index (χ0v) is 10.8. The Morgan fingerprint density at radius 1 is 1.12 bits per heavy atom. The van der Waals surface area contributed by atoms with Crippen molar-refractivity contribution in [2.75, 3.05) is 0 Å². The number of halogens is 1. The van der Waals surface area contributed by atoms with E-state index in [1.54, 1.807) is 18.2 Å². The smallest absolute Gasteiger partial charge is 0.230 e. The van der Waals surface area contributed by atoms with Crippen molar-refractivity contribution in [3.8, 4) is 0 Å². The Kier molecular flexibility index (Phi) is 2.89. The van der Waals surface area contributed by atoms with Gasteiger partial charge in [0.1, 0.15) is 0 Å². The van der Waals surface area contributed by atoms with Crippen LogP contribution in [-0.4, -0.2) is 20.9 Å². The molecule has 0 amide bonds. The minimum atomic E-state index is -0.248. The Hall–Kier alpha value is -1.46. The Labute approximate surface area is 107 Å². The van der Waals surface area contributed by atoms with Crippen molar-refractivity contribution in [2.24, 2.45) is 0 Å². The van der Waals surface area contributed by atoms with Gasteiger partial charge in [-0.1, -0.05) is 11.6 Å². The quantitative estimate of drug-likeness (QED) is 0.690. The van der Waals surface area contributed by atoms with Gasteiger partial charge >= 0.3 is 0 Å². The van der Waals surface area contributed by atoms with Gasteiger partial charge in [0.25, 0.3) is 0 Å². The van der Waals surface area contributed by atoms with Crippen molar-refractivity contribution < 1.29 is 9.59 Å². The highest BCUT2D eigenvalue weighted by molar-refractivity contribution is 7.71. The molecule has 1 aromatic heterocycles. The van der Waals surface area contributed by atoms with Crippen molar-refractivity contribution >= 4 is 46.7 Å². The van der Waals surface area contributed by atoms with E-state index in [9.17, 15) is 9.59 Å². The number of nitrogens with zero attached hydrogens (tertiary/aromatic N) is 2. The number of hydrogen-bond donors (Lipinski definition) is 0. The van der Waals surface area contributed by atoms with Crippen LogP contribution in [0.4, 0.5) is 0 Å². The van der Waals surface area contributed by atoms with Gasteiger partial charge in [0.2, 0.25) is 11.8 Å². The van der Waals surface area contributed by atoms with E-state index in [1.807, 2.05) is 0 Å². The van der Waals surface area contributed by atoms with E-state index < -0.39 is 0 Å². The van der Waals surface area contributed by atoms with Gasteiger partial charge in [0.15, 0.2) is 4.77 Å². The SMILES string of the molecule is CC(=O)n1c(=S)n(C(C)=O)c2cc(Cl)ccc21. The highest BCUT2D eigenvalue weighted by Crippen LogP contribution is 2.22. The zero-order chi connectivity index (χ0) is 12.7. The van der Waals surface area contributed by atoms with Gasteiger partial charge < -0.3 is 0 Å². The van der Waals surface area contributed by atoms with Crippen LogP contribution in [0.5, 0.6) is 0 Å². The molecule has 1 aromatic carbocycles. The molecule has 88 valence electrons. The van der Waals surface area contributed by atoms with E-state index in [4.69, 9.17) is 23.8 Å². The first kappa shape index (κ1) is 12.0. The molecule has 0 atom stereocenters. The van der Waals surface area contributed by atoms with E-state index in [2.05, 4.69) is 0 Å². The van der Waals surface area contributed by atoms with E-state index in [0.29, 0.717) is 16.1 Å². The first-order valence-corrected chi connectivity index (χ1v) is 5.67. The van der Waals surface area contributed by atoms with Crippen LogP contribution in [-0.2, 0) is 0 Å². The maximum atomic E-state index is 11.6. The third-order valence-corrected chi connectivity index (χ3v) is 3.03. The van der Waals surface area contributed by atoms with Crippen LogP contribution >= 0.6 is 23.8 Å². The summed E-state index contributed by atoms with van der Waals surface area (Å²) in [6.07, 6.45) is 0. The van der Waals surface area contributed by atoms with Gasteiger partial charge in [-0.05, 0) is 30.4 Å². The normalized spacial score (nSPS) is 10.8. The molecule has 0 unspecified atom stereocenters. The molecule has 0 aliphatic heterocycles. The van der Waals surface area contributed by atoms with Gasteiger partial charge in [-0.3, -0.25) is 18.7 Å². The molecule has 2 rings (SSSR count). The highest BCUT2D eigenvalue weighted by atomic mass is 35.5. The first-order chi connectivity index (χ1) is 7.93. The molecule has 0 fully saturated rings. The van der Waals surface area contributed by atoms with E-state index in [1.165, 1.54) is 23.0 Å². The minimum Gasteiger partial charge on any atom is -0.274 e. The van der Waals surface area contributed by atoms with Crippen LogP contribution in [0.2, 0.25) is 5.02 Å². The molecule has 1 heterocycles. The molecule has 0 N–H and O–H groups in total. The second kappa shape index (κ2) is 4.09. The van der Waals surface area contributed by atoms with Gasteiger partial charge in [-0.15, -0.1) is 0 Å². The Bertz CT molecular complexity index is 699. The average molecular weight is 269 g/mol. The van der Waals surface area contributed by atoms with E-state index in [0.717, 1.165) is 0 Å². The second-order valence-electron chi connectivity index (χ2n) is 3.62. The fourth-order valence-corrected chi connectivity index (χ4v) is 2.40. The lowest BCUT2D eigenvalue weighted by Crippen LogP contribution is -2.10. The molecule has 0 saturated heterocycles. The summed E-state index contributed by atoms with van der Waals surface area (Å²) in [6, 6.07) is 4.95. The van der Waals surface area contributed by atoms with Crippen molar-refractivity contribution in [3.63, 3.8) is 0 Å². The number of carbonyl (C=O) groups excluding carboxylic acids is 2. The molecule has 0 saturated carbocycles. The number of hydrogen-bond acceptors (Lipinski definition) is 3. The summed E-state index contributed by atoms with van der Waals surface area (Å²) in [7, 11) is 0. The number of imidazole rings is 1. The van der Waals surface area contributed by atoms with Gasteiger partial charge in [-0.25, -0.2) is 0 Å². The highest BCUT2D eigenvalue weighted by Gasteiger charge is 2.15. The summed E-state index contributed by atoms with van der Waals surface area (Å²) in [5, 5.41) is 0.489. The molecular formula is C11H9ClN2O2S. The predicted octanol–water partition coefficient (Wildman–Crippen LogP) is 3.15. The maximum absolute atomic E-state index is 11.6. The average Bonchev–Trinajstić information content (AvgIpc) is 2.48. The Balaban J connectivity index is 3.04. The summed E-state index contributed by atoms with van der Waals surface area (Å²) >= 11 is 11.0. The summed E-state index contributed by atoms with van der Waals surface area (Å²) in [6.45, 7) is 2.79. The molecule has 0 radical (unpaired) electrons. The molecule has 0 spiro atoms. The van der Waals surface area contributed by atoms with Gasteiger partial charge in [-0.2, -0.15) is 0 Å². The minimum absolute atomic E-state index is 0.169. The number of benzene rings is 1. The first-order valence-electron chi connectivity index (χ1n) is 4.88. The van der Waals surface area contributed by atoms with Crippen LogP contribution in [0.3, 0.4) is 0 Å². The molecule has 2 aromatic rings. The lowest BCUT2D eigenvalue weighted by Gasteiger charge is -1.97. The number of carbonyl (C=O) groups is 2. The van der Waals surface area contributed by atoms with Crippen LogP contribution < -0.4 is 0 Å². The zero-order valence-electron chi connectivity index (χ0n) is 9.23. The van der Waals surface area contributed by atoms with Crippen molar-refractivity contribution in [2.45, 2.75) is 13.8 Å². The monoisotopic (exact) mass is 268 g/mol. The number of fused-ring (bicyclic) bond motifs is 1. The van der Waals surface area contributed by atoms with Crippen LogP contribution in [0, 0.1) is 4.77 Å². The number of aromatic nitrogens is 2. The third-order valence-electron chi connectivity index (χ3n) is 2.43. The molecule has 6 heteroatoms. The van der Waals surface area contributed by atoms with Crippen LogP contribution in [0.1, 0.15) is 23.4 Å². The summed E-state index contributed by atoms with van der Waals surface area (Å²) in [5.41, 5.74) is 1.13. The lowest BCUT2D eigenvalue weighted by molar-refractivity contribution is 0.0929. The molecular weight excluding hydrogens is 260 g/mol.